The molecule has 1 aromatic heterocycles. The molecule has 10 nitrogen and oxygen atoms in total. The summed E-state index contributed by atoms with van der Waals surface area (Å²) in [5, 5.41) is 27.5. The topological polar surface area (TPSA) is 147 Å². The molecule has 10 heteroatoms. The zero-order chi connectivity index (χ0) is 17.7. The summed E-state index contributed by atoms with van der Waals surface area (Å²) in [5.74, 6) is -3.32. The number of aromatic nitrogens is 2. The third-order valence-corrected chi connectivity index (χ3v) is 4.14. The van der Waals surface area contributed by atoms with Crippen molar-refractivity contribution in [2.75, 3.05) is 26.2 Å². The van der Waals surface area contributed by atoms with E-state index in [0.29, 0.717) is 31.9 Å². The van der Waals surface area contributed by atoms with Crippen LogP contribution in [0.15, 0.2) is 12.5 Å². The monoisotopic (exact) mass is 340 g/mol. The van der Waals surface area contributed by atoms with E-state index in [4.69, 9.17) is 5.11 Å². The quantitative estimate of drug-likeness (QED) is 0.465. The molecule has 4 N–H and O–H groups in total. The number of piperazine rings is 1. The fraction of sp³-hybridized carbons (Fsp3) is 0.571. The Morgan fingerprint density at radius 3 is 2.00 bits per heavy atom. The number of hydrogen-bond donors (Lipinski definition) is 4. The van der Waals surface area contributed by atoms with Gasteiger partial charge in [-0.15, -0.1) is 0 Å². The van der Waals surface area contributed by atoms with E-state index in [9.17, 15) is 24.6 Å². The van der Waals surface area contributed by atoms with Gasteiger partial charge in [-0.3, -0.25) is 24.2 Å². The van der Waals surface area contributed by atoms with Crippen LogP contribution < -0.4 is 0 Å². The van der Waals surface area contributed by atoms with Gasteiger partial charge in [0.1, 0.15) is 12.1 Å². The maximum atomic E-state index is 11.5. The number of aromatic amines is 1. The number of aliphatic carboxylic acids is 3. The fourth-order valence-electron chi connectivity index (χ4n) is 2.88. The molecular formula is C14H20N4O6. The molecule has 0 unspecified atom stereocenters. The van der Waals surface area contributed by atoms with Crippen molar-refractivity contribution in [3.8, 4) is 0 Å². The highest BCUT2D eigenvalue weighted by Crippen LogP contribution is 2.14. The SMILES string of the molecule is O=C(O)C[C@@H](C(=O)O)N1CCN([C@@H](Cc2cnc[nH]2)C(=O)O)CC1. The van der Waals surface area contributed by atoms with E-state index in [2.05, 4.69) is 9.97 Å². The third kappa shape index (κ3) is 4.52. The molecule has 2 rings (SSSR count). The molecule has 0 saturated carbocycles. The molecule has 0 aliphatic carbocycles. The van der Waals surface area contributed by atoms with Gasteiger partial charge >= 0.3 is 17.9 Å². The smallest absolute Gasteiger partial charge is 0.321 e. The summed E-state index contributed by atoms with van der Waals surface area (Å²) in [7, 11) is 0. The van der Waals surface area contributed by atoms with Gasteiger partial charge in [0.25, 0.3) is 0 Å². The molecule has 1 saturated heterocycles. The van der Waals surface area contributed by atoms with Crippen molar-refractivity contribution in [1.82, 2.24) is 19.8 Å². The number of carbonyl (C=O) groups is 3. The second-order valence-corrected chi connectivity index (χ2v) is 5.66. The molecule has 1 aromatic rings. The van der Waals surface area contributed by atoms with Gasteiger partial charge in [-0.1, -0.05) is 0 Å². The lowest BCUT2D eigenvalue weighted by Gasteiger charge is -2.39. The minimum Gasteiger partial charge on any atom is -0.481 e. The van der Waals surface area contributed by atoms with Crippen molar-refractivity contribution in [2.24, 2.45) is 0 Å². The second kappa shape index (κ2) is 7.88. The van der Waals surface area contributed by atoms with Gasteiger partial charge in [0.2, 0.25) is 0 Å². The van der Waals surface area contributed by atoms with Gasteiger partial charge in [0, 0.05) is 44.5 Å². The zero-order valence-electron chi connectivity index (χ0n) is 13.0. The van der Waals surface area contributed by atoms with Crippen LogP contribution in [0, 0.1) is 0 Å². The molecule has 0 amide bonds. The molecule has 1 aliphatic heterocycles. The van der Waals surface area contributed by atoms with Crippen LogP contribution in [-0.4, -0.2) is 91.3 Å². The first kappa shape index (κ1) is 17.9. The standard InChI is InChI=1S/C14H20N4O6/c19-12(20)6-11(14(23)24)18-3-1-17(2-4-18)10(13(21)22)5-9-7-15-8-16-9/h7-8,10-11H,1-6H2,(H,15,16)(H,19,20)(H,21,22)(H,23,24)/t10-,11-/m0/s1. The molecule has 24 heavy (non-hydrogen) atoms. The van der Waals surface area contributed by atoms with Crippen molar-refractivity contribution < 1.29 is 29.7 Å². The van der Waals surface area contributed by atoms with Gasteiger partial charge < -0.3 is 20.3 Å². The minimum absolute atomic E-state index is 0.271. The molecule has 0 spiro atoms. The Morgan fingerprint density at radius 2 is 1.58 bits per heavy atom. The van der Waals surface area contributed by atoms with E-state index >= 15 is 0 Å². The van der Waals surface area contributed by atoms with Gasteiger partial charge in [-0.05, 0) is 0 Å². The van der Waals surface area contributed by atoms with Crippen molar-refractivity contribution in [3.05, 3.63) is 18.2 Å². The first-order chi connectivity index (χ1) is 11.4. The van der Waals surface area contributed by atoms with E-state index in [-0.39, 0.29) is 6.42 Å². The van der Waals surface area contributed by atoms with Crippen LogP contribution in [0.2, 0.25) is 0 Å². The van der Waals surface area contributed by atoms with E-state index in [1.54, 1.807) is 16.0 Å². The van der Waals surface area contributed by atoms with E-state index < -0.39 is 36.4 Å². The van der Waals surface area contributed by atoms with Gasteiger partial charge in [-0.25, -0.2) is 4.98 Å². The molecule has 132 valence electrons. The molecule has 2 heterocycles. The van der Waals surface area contributed by atoms with Gasteiger partial charge in [0.15, 0.2) is 0 Å². The Morgan fingerprint density at radius 1 is 1.04 bits per heavy atom. The Bertz CT molecular complexity index is 582. The predicted molar refractivity (Wildman–Crippen MR) is 80.5 cm³/mol. The van der Waals surface area contributed by atoms with Crippen LogP contribution in [0.3, 0.4) is 0 Å². The fourth-order valence-corrected chi connectivity index (χ4v) is 2.88. The van der Waals surface area contributed by atoms with Gasteiger partial charge in [0.05, 0.1) is 12.7 Å². The maximum absolute atomic E-state index is 11.5. The largest absolute Gasteiger partial charge is 0.481 e. The molecule has 1 fully saturated rings. The molecule has 0 radical (unpaired) electrons. The summed E-state index contributed by atoms with van der Waals surface area (Å²) in [6.07, 6.45) is 2.84. The average molecular weight is 340 g/mol. The highest BCUT2D eigenvalue weighted by Gasteiger charge is 2.34. The lowest BCUT2D eigenvalue weighted by Crippen LogP contribution is -2.57. The lowest BCUT2D eigenvalue weighted by atomic mass is 10.1. The van der Waals surface area contributed by atoms with Crippen LogP contribution in [0.4, 0.5) is 0 Å². The van der Waals surface area contributed by atoms with E-state index in [1.165, 1.54) is 6.33 Å². The Balaban J connectivity index is 1.97. The highest BCUT2D eigenvalue weighted by molar-refractivity contribution is 5.80. The molecule has 0 aromatic carbocycles. The van der Waals surface area contributed by atoms with Crippen LogP contribution in [0.5, 0.6) is 0 Å². The first-order valence-electron chi connectivity index (χ1n) is 7.51. The van der Waals surface area contributed by atoms with E-state index in [1.807, 2.05) is 0 Å². The number of carboxylic acid groups (broad SMARTS) is 3. The van der Waals surface area contributed by atoms with E-state index in [0.717, 1.165) is 0 Å². The van der Waals surface area contributed by atoms with Gasteiger partial charge in [-0.2, -0.15) is 0 Å². The Hall–Kier alpha value is -2.46. The summed E-state index contributed by atoms with van der Waals surface area (Å²) in [5.41, 5.74) is 0.708. The lowest BCUT2D eigenvalue weighted by molar-refractivity contribution is -0.151. The zero-order valence-corrected chi connectivity index (χ0v) is 13.0. The summed E-state index contributed by atoms with van der Waals surface area (Å²) in [6, 6.07) is -1.84. The summed E-state index contributed by atoms with van der Waals surface area (Å²) in [6.45, 7) is 1.32. The molecule has 0 bridgehead atoms. The number of H-pyrrole nitrogens is 1. The number of nitrogens with zero attached hydrogens (tertiary/aromatic N) is 3. The predicted octanol–water partition coefficient (Wildman–Crippen LogP) is -1.05. The normalized spacial score (nSPS) is 18.8. The van der Waals surface area contributed by atoms with Crippen molar-refractivity contribution in [2.45, 2.75) is 24.9 Å². The summed E-state index contributed by atoms with van der Waals surface area (Å²) >= 11 is 0. The maximum Gasteiger partial charge on any atom is 0.321 e. The molecular weight excluding hydrogens is 320 g/mol. The summed E-state index contributed by atoms with van der Waals surface area (Å²) < 4.78 is 0. The average Bonchev–Trinajstić information content (AvgIpc) is 3.03. The Labute approximate surface area is 137 Å². The summed E-state index contributed by atoms with van der Waals surface area (Å²) in [4.78, 5) is 43.7. The molecule has 2 atom stereocenters. The van der Waals surface area contributed by atoms with Crippen LogP contribution in [-0.2, 0) is 20.8 Å². The number of imidazole rings is 1. The van der Waals surface area contributed by atoms with Crippen molar-refractivity contribution in [3.63, 3.8) is 0 Å². The Kier molecular flexibility index (Phi) is 5.88. The van der Waals surface area contributed by atoms with Crippen LogP contribution >= 0.6 is 0 Å². The first-order valence-corrected chi connectivity index (χ1v) is 7.51. The van der Waals surface area contributed by atoms with Crippen molar-refractivity contribution in [1.29, 1.82) is 0 Å². The number of nitrogens with one attached hydrogen (secondary N) is 1. The van der Waals surface area contributed by atoms with Crippen LogP contribution in [0.1, 0.15) is 12.1 Å². The highest BCUT2D eigenvalue weighted by atomic mass is 16.4. The second-order valence-electron chi connectivity index (χ2n) is 5.66. The van der Waals surface area contributed by atoms with Crippen molar-refractivity contribution >= 4 is 17.9 Å². The van der Waals surface area contributed by atoms with Crippen LogP contribution in [0.25, 0.3) is 0 Å². The number of carboxylic acids is 3. The molecule has 1 aliphatic rings. The number of rotatable bonds is 8. The minimum atomic E-state index is -1.18. The third-order valence-electron chi connectivity index (χ3n) is 4.14. The number of hydrogen-bond acceptors (Lipinski definition) is 6.